The van der Waals surface area contributed by atoms with Gasteiger partial charge in [0.25, 0.3) is 0 Å². The van der Waals surface area contributed by atoms with E-state index in [1.165, 1.54) is 0 Å². The molecule has 1 heterocycles. The smallest absolute Gasteiger partial charge is 0.144 e. The maximum Gasteiger partial charge on any atom is 0.144 e. The second-order valence-electron chi connectivity index (χ2n) is 3.61. The highest BCUT2D eigenvalue weighted by Gasteiger charge is 2.20. The van der Waals surface area contributed by atoms with E-state index in [0.29, 0.717) is 13.0 Å². The number of hydrogen-bond donors (Lipinski definition) is 1. The molecule has 80 valence electrons. The predicted octanol–water partition coefficient (Wildman–Crippen LogP) is -0.314. The van der Waals surface area contributed by atoms with E-state index in [0.717, 1.165) is 32.5 Å². The van der Waals surface area contributed by atoms with Crippen LogP contribution in [0.4, 0.5) is 0 Å². The van der Waals surface area contributed by atoms with Gasteiger partial charge in [-0.3, -0.25) is 9.69 Å². The molecular formula is C10H18N2O2. The lowest BCUT2D eigenvalue weighted by molar-refractivity contribution is -0.127. The number of nitrogens with zero attached hydrogens (tertiary/aromatic N) is 1. The summed E-state index contributed by atoms with van der Waals surface area (Å²) in [5.74, 6) is -0.364. The third-order valence-corrected chi connectivity index (χ3v) is 2.59. The van der Waals surface area contributed by atoms with Crippen LogP contribution in [0.5, 0.6) is 0 Å². The summed E-state index contributed by atoms with van der Waals surface area (Å²) in [7, 11) is 0. The van der Waals surface area contributed by atoms with Gasteiger partial charge in [-0.2, -0.15) is 0 Å². The summed E-state index contributed by atoms with van der Waals surface area (Å²) in [6, 6.07) is 0. The zero-order valence-corrected chi connectivity index (χ0v) is 8.66. The second kappa shape index (κ2) is 5.88. The van der Waals surface area contributed by atoms with Crippen LogP contribution in [0.3, 0.4) is 0 Å². The van der Waals surface area contributed by atoms with Crippen molar-refractivity contribution >= 4 is 12.1 Å². The predicted molar refractivity (Wildman–Crippen MR) is 54.2 cm³/mol. The first-order chi connectivity index (χ1) is 6.77. The maximum absolute atomic E-state index is 11.3. The number of carbonyl (C=O) groups is 2. The molecule has 14 heavy (non-hydrogen) atoms. The number of nitrogens with one attached hydrogen (secondary N) is 1. The van der Waals surface area contributed by atoms with Gasteiger partial charge in [0.15, 0.2) is 0 Å². The van der Waals surface area contributed by atoms with Gasteiger partial charge in [-0.05, 0) is 0 Å². The zero-order chi connectivity index (χ0) is 10.4. The van der Waals surface area contributed by atoms with Crippen LogP contribution < -0.4 is 5.32 Å². The van der Waals surface area contributed by atoms with Gasteiger partial charge in [-0.1, -0.05) is 6.92 Å². The van der Waals surface area contributed by atoms with Crippen molar-refractivity contribution in [2.45, 2.75) is 13.3 Å². The van der Waals surface area contributed by atoms with Crippen molar-refractivity contribution in [1.29, 1.82) is 0 Å². The second-order valence-corrected chi connectivity index (χ2v) is 3.61. The Morgan fingerprint density at radius 1 is 1.50 bits per heavy atom. The average molecular weight is 198 g/mol. The maximum atomic E-state index is 11.3. The van der Waals surface area contributed by atoms with Gasteiger partial charge < -0.3 is 10.1 Å². The van der Waals surface area contributed by atoms with Crippen molar-refractivity contribution < 1.29 is 9.59 Å². The third kappa shape index (κ3) is 3.20. The normalized spacial score (nSPS) is 20.4. The van der Waals surface area contributed by atoms with Gasteiger partial charge in [-0.15, -0.1) is 0 Å². The molecule has 1 fully saturated rings. The fourth-order valence-corrected chi connectivity index (χ4v) is 1.65. The summed E-state index contributed by atoms with van der Waals surface area (Å²) in [5, 5.41) is 3.23. The first kappa shape index (κ1) is 11.3. The van der Waals surface area contributed by atoms with Crippen LogP contribution in [0.15, 0.2) is 0 Å². The molecule has 1 aliphatic rings. The first-order valence-corrected chi connectivity index (χ1v) is 5.19. The number of piperazine rings is 1. The largest absolute Gasteiger partial charge is 0.314 e. The van der Waals surface area contributed by atoms with Crippen molar-refractivity contribution in [2.24, 2.45) is 5.92 Å². The number of rotatable bonds is 5. The standard InChI is InChI=1S/C10H18N2O2/c1-2-10(14)9(8-13)7-12-5-3-11-4-6-12/h8-9,11H,2-7H2,1H3. The minimum atomic E-state index is -0.418. The molecule has 1 N–H and O–H groups in total. The van der Waals surface area contributed by atoms with Crippen LogP contribution >= 0.6 is 0 Å². The summed E-state index contributed by atoms with van der Waals surface area (Å²) < 4.78 is 0. The van der Waals surface area contributed by atoms with E-state index in [2.05, 4.69) is 10.2 Å². The average Bonchev–Trinajstić information content (AvgIpc) is 2.26. The van der Waals surface area contributed by atoms with E-state index >= 15 is 0 Å². The Labute approximate surface area is 84.7 Å². The quantitative estimate of drug-likeness (QED) is 0.486. The molecular weight excluding hydrogens is 180 g/mol. The Morgan fingerprint density at radius 2 is 2.14 bits per heavy atom. The molecule has 0 radical (unpaired) electrons. The Balaban J connectivity index is 2.38. The van der Waals surface area contributed by atoms with Crippen LogP contribution in [0.1, 0.15) is 13.3 Å². The molecule has 0 aliphatic carbocycles. The van der Waals surface area contributed by atoms with Crippen molar-refractivity contribution in [2.75, 3.05) is 32.7 Å². The Hall–Kier alpha value is -0.740. The SMILES string of the molecule is CCC(=O)C(C=O)CN1CCNCC1. The van der Waals surface area contributed by atoms with Crippen LogP contribution in [0.25, 0.3) is 0 Å². The molecule has 4 nitrogen and oxygen atoms in total. The highest BCUT2D eigenvalue weighted by molar-refractivity contribution is 5.93. The topological polar surface area (TPSA) is 49.4 Å². The molecule has 1 saturated heterocycles. The van der Waals surface area contributed by atoms with Gasteiger partial charge in [0.2, 0.25) is 0 Å². The number of Topliss-reactive ketones (excluding diaryl/α,β-unsaturated/α-hetero) is 1. The lowest BCUT2D eigenvalue weighted by atomic mass is 10.0. The molecule has 0 bridgehead atoms. The summed E-state index contributed by atoms with van der Waals surface area (Å²) in [6.45, 7) is 6.16. The van der Waals surface area contributed by atoms with E-state index in [4.69, 9.17) is 0 Å². The molecule has 0 saturated carbocycles. The molecule has 1 unspecified atom stereocenters. The highest BCUT2D eigenvalue weighted by atomic mass is 16.1. The summed E-state index contributed by atoms with van der Waals surface area (Å²) in [6.07, 6.45) is 1.24. The van der Waals surface area contributed by atoms with Crippen molar-refractivity contribution in [3.63, 3.8) is 0 Å². The minimum absolute atomic E-state index is 0.0542. The highest BCUT2D eigenvalue weighted by Crippen LogP contribution is 2.03. The van der Waals surface area contributed by atoms with Gasteiger partial charge >= 0.3 is 0 Å². The van der Waals surface area contributed by atoms with Gasteiger partial charge in [0.05, 0.1) is 5.92 Å². The third-order valence-electron chi connectivity index (χ3n) is 2.59. The molecule has 4 heteroatoms. The first-order valence-electron chi connectivity index (χ1n) is 5.19. The number of carbonyl (C=O) groups excluding carboxylic acids is 2. The Morgan fingerprint density at radius 3 is 2.64 bits per heavy atom. The van der Waals surface area contributed by atoms with E-state index in [1.54, 1.807) is 6.92 Å². The summed E-state index contributed by atoms with van der Waals surface area (Å²) >= 11 is 0. The van der Waals surface area contributed by atoms with Crippen LogP contribution in [0, 0.1) is 5.92 Å². The monoisotopic (exact) mass is 198 g/mol. The molecule has 1 atom stereocenters. The van der Waals surface area contributed by atoms with E-state index < -0.39 is 5.92 Å². The number of hydrogen-bond acceptors (Lipinski definition) is 4. The van der Waals surface area contributed by atoms with Crippen molar-refractivity contribution in [1.82, 2.24) is 10.2 Å². The molecule has 0 aromatic rings. The van der Waals surface area contributed by atoms with Crippen LogP contribution in [-0.2, 0) is 9.59 Å². The fourth-order valence-electron chi connectivity index (χ4n) is 1.65. The van der Waals surface area contributed by atoms with Gasteiger partial charge in [0.1, 0.15) is 12.1 Å². The number of ketones is 1. The summed E-state index contributed by atoms with van der Waals surface area (Å²) in [4.78, 5) is 24.2. The van der Waals surface area contributed by atoms with Crippen LogP contribution in [-0.4, -0.2) is 49.7 Å². The van der Waals surface area contributed by atoms with E-state index in [1.807, 2.05) is 0 Å². The van der Waals surface area contributed by atoms with E-state index in [9.17, 15) is 9.59 Å². The van der Waals surface area contributed by atoms with Crippen LogP contribution in [0.2, 0.25) is 0 Å². The molecule has 0 spiro atoms. The lowest BCUT2D eigenvalue weighted by Gasteiger charge is -2.28. The number of aldehydes is 1. The fraction of sp³-hybridized carbons (Fsp3) is 0.800. The Bertz CT molecular complexity index is 200. The minimum Gasteiger partial charge on any atom is -0.314 e. The van der Waals surface area contributed by atoms with E-state index in [-0.39, 0.29) is 5.78 Å². The summed E-state index contributed by atoms with van der Waals surface area (Å²) in [5.41, 5.74) is 0. The molecule has 1 rings (SSSR count). The molecule has 0 amide bonds. The lowest BCUT2D eigenvalue weighted by Crippen LogP contribution is -2.46. The Kier molecular flexibility index (Phi) is 4.76. The molecule has 0 aromatic heterocycles. The van der Waals surface area contributed by atoms with Crippen molar-refractivity contribution in [3.05, 3.63) is 0 Å². The van der Waals surface area contributed by atoms with Crippen molar-refractivity contribution in [3.8, 4) is 0 Å². The van der Waals surface area contributed by atoms with Gasteiger partial charge in [0, 0.05) is 39.1 Å². The molecule has 0 aromatic carbocycles. The zero-order valence-electron chi connectivity index (χ0n) is 8.66. The van der Waals surface area contributed by atoms with Gasteiger partial charge in [-0.25, -0.2) is 0 Å². The molecule has 1 aliphatic heterocycles.